The van der Waals surface area contributed by atoms with Crippen LogP contribution in [0.4, 0.5) is 0 Å². The van der Waals surface area contributed by atoms with Gasteiger partial charge in [-0.1, -0.05) is 18.0 Å². The summed E-state index contributed by atoms with van der Waals surface area (Å²) in [6.07, 6.45) is 5.80. The topological polar surface area (TPSA) is 30.5 Å². The number of benzene rings is 1. The highest BCUT2D eigenvalue weighted by Crippen LogP contribution is 2.48. The van der Waals surface area contributed by atoms with Gasteiger partial charge < -0.3 is 14.8 Å². The van der Waals surface area contributed by atoms with E-state index in [1.807, 2.05) is 12.1 Å². The Kier molecular flexibility index (Phi) is 4.60. The van der Waals surface area contributed by atoms with Gasteiger partial charge in [0.25, 0.3) is 0 Å². The maximum absolute atomic E-state index is 6.24. The number of rotatable bonds is 6. The number of fused-ring (bicyclic) bond motifs is 2. The Hall–Kier alpha value is -0.930. The molecule has 1 aromatic rings. The van der Waals surface area contributed by atoms with E-state index in [9.17, 15) is 0 Å². The molecule has 2 aliphatic rings. The van der Waals surface area contributed by atoms with Crippen molar-refractivity contribution in [3.63, 3.8) is 0 Å². The molecule has 0 aliphatic heterocycles. The van der Waals surface area contributed by atoms with Crippen molar-refractivity contribution in [2.24, 2.45) is 17.8 Å². The average molecular weight is 310 g/mol. The molecule has 3 rings (SSSR count). The van der Waals surface area contributed by atoms with Crippen LogP contribution in [0.2, 0.25) is 5.02 Å². The molecule has 0 radical (unpaired) electrons. The third-order valence-corrected chi connectivity index (χ3v) is 5.39. The number of ether oxygens (including phenoxy) is 2. The summed E-state index contributed by atoms with van der Waals surface area (Å²) in [6.45, 7) is 1.95. The molecule has 1 N–H and O–H groups in total. The summed E-state index contributed by atoms with van der Waals surface area (Å²) in [5, 5.41) is 4.19. The molecule has 2 fully saturated rings. The van der Waals surface area contributed by atoms with Crippen molar-refractivity contribution in [3.8, 4) is 11.5 Å². The fourth-order valence-electron chi connectivity index (χ4n) is 4.10. The minimum Gasteiger partial charge on any atom is -0.493 e. The molecule has 3 unspecified atom stereocenters. The minimum atomic E-state index is 0.605. The van der Waals surface area contributed by atoms with Crippen LogP contribution >= 0.6 is 11.6 Å². The molecule has 0 amide bonds. The molecule has 0 heterocycles. The lowest BCUT2D eigenvalue weighted by Crippen LogP contribution is -2.26. The van der Waals surface area contributed by atoms with E-state index in [1.165, 1.54) is 25.7 Å². The summed E-state index contributed by atoms with van der Waals surface area (Å²) < 4.78 is 10.6. The largest absolute Gasteiger partial charge is 0.493 e. The monoisotopic (exact) mass is 309 g/mol. The Balaban J connectivity index is 1.56. The fraction of sp³-hybridized carbons (Fsp3) is 0.647. The van der Waals surface area contributed by atoms with E-state index in [2.05, 4.69) is 5.32 Å². The molecule has 0 aromatic heterocycles. The lowest BCUT2D eigenvalue weighted by atomic mass is 9.89. The van der Waals surface area contributed by atoms with Crippen LogP contribution in [0.3, 0.4) is 0 Å². The Bertz CT molecular complexity index is 506. The Labute approximate surface area is 132 Å². The number of nitrogens with one attached hydrogen (secondary N) is 1. The molecular formula is C17H24ClNO2. The van der Waals surface area contributed by atoms with Gasteiger partial charge in [0.05, 0.1) is 19.2 Å². The van der Waals surface area contributed by atoms with E-state index in [-0.39, 0.29) is 0 Å². The number of hydrogen-bond donors (Lipinski definition) is 1. The summed E-state index contributed by atoms with van der Waals surface area (Å²) in [5.74, 6) is 4.16. The first-order chi connectivity index (χ1) is 10.2. The second-order valence-electron chi connectivity index (χ2n) is 6.38. The van der Waals surface area contributed by atoms with E-state index in [0.717, 1.165) is 36.4 Å². The van der Waals surface area contributed by atoms with Crippen LogP contribution in [-0.4, -0.2) is 20.8 Å². The first-order valence-electron chi connectivity index (χ1n) is 7.82. The molecule has 0 spiro atoms. The van der Waals surface area contributed by atoms with E-state index in [4.69, 9.17) is 21.1 Å². The highest BCUT2D eigenvalue weighted by atomic mass is 35.5. The van der Waals surface area contributed by atoms with Gasteiger partial charge in [0, 0.05) is 6.54 Å². The highest BCUT2D eigenvalue weighted by molar-refractivity contribution is 6.32. The molecular weight excluding hydrogens is 286 g/mol. The van der Waals surface area contributed by atoms with Crippen molar-refractivity contribution in [1.82, 2.24) is 5.32 Å². The summed E-state index contributed by atoms with van der Waals surface area (Å²) in [5.41, 5.74) is 1.14. The van der Waals surface area contributed by atoms with E-state index in [1.54, 1.807) is 14.2 Å². The molecule has 4 heteroatoms. The zero-order chi connectivity index (χ0) is 14.8. The second-order valence-corrected chi connectivity index (χ2v) is 6.79. The predicted molar refractivity (Wildman–Crippen MR) is 85.2 cm³/mol. The molecule has 2 aliphatic carbocycles. The van der Waals surface area contributed by atoms with Crippen LogP contribution in [0, 0.1) is 17.8 Å². The standard InChI is InChI=1S/C17H24ClNO2/c1-20-16-8-12(7-15(18)17(16)21-2)9-19-10-14-6-11-3-4-13(14)5-11/h7-8,11,13-14,19H,3-6,9-10H2,1-2H3. The third-order valence-electron chi connectivity index (χ3n) is 5.11. The summed E-state index contributed by atoms with van der Waals surface area (Å²) in [7, 11) is 3.25. The number of halogens is 1. The van der Waals surface area contributed by atoms with Gasteiger partial charge in [-0.25, -0.2) is 0 Å². The van der Waals surface area contributed by atoms with Gasteiger partial charge >= 0.3 is 0 Å². The first kappa shape index (κ1) is 15.0. The molecule has 1 aromatic carbocycles. The quantitative estimate of drug-likeness (QED) is 0.865. The SMILES string of the molecule is COc1cc(CNCC2CC3CCC2C3)cc(Cl)c1OC. The van der Waals surface area contributed by atoms with E-state index < -0.39 is 0 Å². The number of methoxy groups -OCH3 is 2. The first-order valence-corrected chi connectivity index (χ1v) is 8.20. The van der Waals surface area contributed by atoms with Crippen molar-refractivity contribution < 1.29 is 9.47 Å². The van der Waals surface area contributed by atoms with Gasteiger partial charge in [0.2, 0.25) is 0 Å². The van der Waals surface area contributed by atoms with Crippen LogP contribution in [0.25, 0.3) is 0 Å². The Morgan fingerprint density at radius 1 is 1.19 bits per heavy atom. The van der Waals surface area contributed by atoms with Crippen LogP contribution in [0.15, 0.2) is 12.1 Å². The van der Waals surface area contributed by atoms with Crippen molar-refractivity contribution in [1.29, 1.82) is 0 Å². The van der Waals surface area contributed by atoms with Crippen molar-refractivity contribution in [2.45, 2.75) is 32.2 Å². The van der Waals surface area contributed by atoms with Gasteiger partial charge in [-0.15, -0.1) is 0 Å². The molecule has 3 atom stereocenters. The molecule has 2 bridgehead atoms. The van der Waals surface area contributed by atoms with Crippen LogP contribution in [0.1, 0.15) is 31.2 Å². The van der Waals surface area contributed by atoms with Gasteiger partial charge in [-0.05, 0) is 61.3 Å². The van der Waals surface area contributed by atoms with Crippen LogP contribution < -0.4 is 14.8 Å². The van der Waals surface area contributed by atoms with Crippen LogP contribution in [0.5, 0.6) is 11.5 Å². The molecule has 0 saturated heterocycles. The van der Waals surface area contributed by atoms with E-state index in [0.29, 0.717) is 16.5 Å². The zero-order valence-corrected chi connectivity index (χ0v) is 13.6. The fourth-order valence-corrected chi connectivity index (χ4v) is 4.41. The van der Waals surface area contributed by atoms with E-state index >= 15 is 0 Å². The second kappa shape index (κ2) is 6.45. The molecule has 116 valence electrons. The van der Waals surface area contributed by atoms with Gasteiger partial charge in [0.1, 0.15) is 0 Å². The Morgan fingerprint density at radius 3 is 2.67 bits per heavy atom. The van der Waals surface area contributed by atoms with Gasteiger partial charge in [-0.2, -0.15) is 0 Å². The smallest absolute Gasteiger partial charge is 0.179 e. The Morgan fingerprint density at radius 2 is 2.05 bits per heavy atom. The third kappa shape index (κ3) is 3.14. The minimum absolute atomic E-state index is 0.605. The number of hydrogen-bond acceptors (Lipinski definition) is 3. The lowest BCUT2D eigenvalue weighted by molar-refractivity contribution is 0.318. The maximum atomic E-state index is 6.24. The van der Waals surface area contributed by atoms with Crippen molar-refractivity contribution in [3.05, 3.63) is 22.7 Å². The maximum Gasteiger partial charge on any atom is 0.179 e. The highest BCUT2D eigenvalue weighted by Gasteiger charge is 2.38. The summed E-state index contributed by atoms with van der Waals surface area (Å²) in [6, 6.07) is 3.95. The molecule has 3 nitrogen and oxygen atoms in total. The van der Waals surface area contributed by atoms with Crippen LogP contribution in [-0.2, 0) is 6.54 Å². The van der Waals surface area contributed by atoms with Gasteiger partial charge in [0.15, 0.2) is 11.5 Å². The summed E-state index contributed by atoms with van der Waals surface area (Å²) in [4.78, 5) is 0. The average Bonchev–Trinajstić information content (AvgIpc) is 3.09. The molecule has 21 heavy (non-hydrogen) atoms. The molecule has 2 saturated carbocycles. The normalized spacial score (nSPS) is 27.1. The van der Waals surface area contributed by atoms with Gasteiger partial charge in [-0.3, -0.25) is 0 Å². The summed E-state index contributed by atoms with van der Waals surface area (Å²) >= 11 is 6.24. The van der Waals surface area contributed by atoms with Crippen molar-refractivity contribution in [2.75, 3.05) is 20.8 Å². The zero-order valence-electron chi connectivity index (χ0n) is 12.8. The van der Waals surface area contributed by atoms with Crippen molar-refractivity contribution >= 4 is 11.6 Å². The lowest BCUT2D eigenvalue weighted by Gasteiger charge is -2.22. The predicted octanol–water partition coefficient (Wildman–Crippen LogP) is 3.88.